The average Bonchev–Trinajstić information content (AvgIpc) is 3.34. The second-order valence-electron chi connectivity index (χ2n) is 10.0. The van der Waals surface area contributed by atoms with E-state index in [-0.39, 0.29) is 18.3 Å². The third-order valence-corrected chi connectivity index (χ3v) is 7.32. The topological polar surface area (TPSA) is 103 Å². The number of fused-ring (bicyclic) bond motifs is 1. The van der Waals surface area contributed by atoms with Crippen LogP contribution in [0, 0.1) is 0 Å². The number of piperazine rings is 1. The number of esters is 1. The molecule has 0 aliphatic carbocycles. The van der Waals surface area contributed by atoms with Crippen LogP contribution in [0.25, 0.3) is 5.70 Å². The molecule has 0 spiro atoms. The highest BCUT2D eigenvalue weighted by atomic mass is 16.5. The summed E-state index contributed by atoms with van der Waals surface area (Å²) in [6.07, 6.45) is 0.465. The second-order valence-corrected chi connectivity index (χ2v) is 10.0. The van der Waals surface area contributed by atoms with E-state index in [4.69, 9.17) is 4.74 Å². The van der Waals surface area contributed by atoms with Gasteiger partial charge in [-0.15, -0.1) is 0 Å². The first-order chi connectivity index (χ1) is 19.9. The minimum Gasteiger partial charge on any atom is -0.462 e. The van der Waals surface area contributed by atoms with Crippen molar-refractivity contribution in [2.75, 3.05) is 61.9 Å². The second kappa shape index (κ2) is 12.8. The highest BCUT2D eigenvalue weighted by Gasteiger charge is 2.29. The van der Waals surface area contributed by atoms with E-state index in [0.29, 0.717) is 34.6 Å². The zero-order valence-electron chi connectivity index (χ0n) is 23.4. The molecule has 1 fully saturated rings. The number of allylic oxidation sites excluding steroid dienone is 1. The Morgan fingerprint density at radius 1 is 0.976 bits per heavy atom. The lowest BCUT2D eigenvalue weighted by Crippen LogP contribution is -2.44. The van der Waals surface area contributed by atoms with Gasteiger partial charge in [-0.25, -0.2) is 4.79 Å². The van der Waals surface area contributed by atoms with Crippen LogP contribution in [0.5, 0.6) is 0 Å². The zero-order chi connectivity index (χ0) is 28.8. The Morgan fingerprint density at radius 2 is 1.71 bits per heavy atom. The van der Waals surface area contributed by atoms with Crippen molar-refractivity contribution in [3.8, 4) is 0 Å². The summed E-state index contributed by atoms with van der Waals surface area (Å²) in [7, 11) is 1.79. The number of nitrogens with zero attached hydrogens (tertiary/aromatic N) is 2. The minimum absolute atomic E-state index is 0.0667. The minimum atomic E-state index is -0.435. The molecule has 0 bridgehead atoms. The SMILES string of the molecule is CCOC(=O)c1ccc2c(c1)NC(=C(Nc1ccc(N(C)C(=O)CCN3CCNCC3)cc1)c1ccccc1)C2=O. The molecule has 0 aromatic heterocycles. The van der Waals surface area contributed by atoms with Crippen LogP contribution in [0.4, 0.5) is 17.1 Å². The monoisotopic (exact) mass is 553 g/mol. The molecule has 1 amide bonds. The van der Waals surface area contributed by atoms with Crippen LogP contribution >= 0.6 is 0 Å². The first-order valence-electron chi connectivity index (χ1n) is 13.9. The Labute approximate surface area is 240 Å². The number of Topliss-reactive ketones (excluding diaryl/α,β-unsaturated/α-hetero) is 1. The van der Waals surface area contributed by atoms with E-state index < -0.39 is 5.97 Å². The van der Waals surface area contributed by atoms with Gasteiger partial charge in [0.25, 0.3) is 0 Å². The first-order valence-corrected chi connectivity index (χ1v) is 13.9. The van der Waals surface area contributed by atoms with E-state index in [1.807, 2.05) is 54.6 Å². The van der Waals surface area contributed by atoms with E-state index in [1.165, 1.54) is 0 Å². The molecule has 1 saturated heterocycles. The first kappa shape index (κ1) is 28.1. The lowest BCUT2D eigenvalue weighted by molar-refractivity contribution is -0.118. The molecule has 2 heterocycles. The van der Waals surface area contributed by atoms with E-state index in [1.54, 1.807) is 37.1 Å². The van der Waals surface area contributed by atoms with E-state index in [2.05, 4.69) is 20.9 Å². The van der Waals surface area contributed by atoms with Gasteiger partial charge in [0.05, 0.1) is 23.6 Å². The van der Waals surface area contributed by atoms with Gasteiger partial charge < -0.3 is 30.5 Å². The highest BCUT2D eigenvalue weighted by Crippen LogP contribution is 2.34. The molecule has 0 atom stereocenters. The van der Waals surface area contributed by atoms with Gasteiger partial charge in [-0.2, -0.15) is 0 Å². The van der Waals surface area contributed by atoms with Gasteiger partial charge in [-0.1, -0.05) is 30.3 Å². The van der Waals surface area contributed by atoms with Crippen LogP contribution in [0.2, 0.25) is 0 Å². The molecule has 9 heteroatoms. The van der Waals surface area contributed by atoms with Crippen molar-refractivity contribution in [1.29, 1.82) is 0 Å². The normalized spacial score (nSPS) is 16.0. The molecule has 212 valence electrons. The molecule has 0 saturated carbocycles. The molecule has 3 aromatic carbocycles. The van der Waals surface area contributed by atoms with Crippen LogP contribution in [-0.2, 0) is 9.53 Å². The number of carbonyl (C=O) groups excluding carboxylic acids is 3. The maximum Gasteiger partial charge on any atom is 0.338 e. The number of anilines is 3. The van der Waals surface area contributed by atoms with Crippen molar-refractivity contribution < 1.29 is 19.1 Å². The van der Waals surface area contributed by atoms with Crippen LogP contribution in [-0.4, -0.2) is 68.9 Å². The van der Waals surface area contributed by atoms with E-state index in [9.17, 15) is 14.4 Å². The lowest BCUT2D eigenvalue weighted by atomic mass is 10.0. The Morgan fingerprint density at radius 3 is 2.41 bits per heavy atom. The summed E-state index contributed by atoms with van der Waals surface area (Å²) in [4.78, 5) is 42.5. The van der Waals surface area contributed by atoms with Gasteiger partial charge in [-0.05, 0) is 49.4 Å². The number of benzene rings is 3. The summed E-state index contributed by atoms with van der Waals surface area (Å²) in [5, 5.41) is 9.97. The van der Waals surface area contributed by atoms with Crippen molar-refractivity contribution in [3.05, 3.63) is 95.2 Å². The predicted octanol–water partition coefficient (Wildman–Crippen LogP) is 4.21. The van der Waals surface area contributed by atoms with Gasteiger partial charge in [0, 0.05) is 68.7 Å². The molecular weight excluding hydrogens is 518 g/mol. The van der Waals surface area contributed by atoms with Gasteiger partial charge in [0.2, 0.25) is 11.7 Å². The molecule has 2 aliphatic rings. The van der Waals surface area contributed by atoms with Crippen molar-refractivity contribution in [3.63, 3.8) is 0 Å². The zero-order valence-corrected chi connectivity index (χ0v) is 23.4. The van der Waals surface area contributed by atoms with Gasteiger partial charge in [0.1, 0.15) is 5.70 Å². The summed E-state index contributed by atoms with van der Waals surface area (Å²) >= 11 is 0. The van der Waals surface area contributed by atoms with Gasteiger partial charge in [-0.3, -0.25) is 9.59 Å². The van der Waals surface area contributed by atoms with Crippen LogP contribution in [0.15, 0.2) is 78.5 Å². The summed E-state index contributed by atoms with van der Waals surface area (Å²) in [5.41, 5.74) is 4.80. The third-order valence-electron chi connectivity index (χ3n) is 7.32. The Kier molecular flexibility index (Phi) is 8.76. The fraction of sp³-hybridized carbons (Fsp3) is 0.281. The maximum absolute atomic E-state index is 13.5. The van der Waals surface area contributed by atoms with E-state index >= 15 is 0 Å². The van der Waals surface area contributed by atoms with E-state index in [0.717, 1.165) is 49.7 Å². The van der Waals surface area contributed by atoms with Crippen molar-refractivity contribution >= 4 is 40.4 Å². The van der Waals surface area contributed by atoms with Crippen LogP contribution in [0.3, 0.4) is 0 Å². The molecule has 9 nitrogen and oxygen atoms in total. The summed E-state index contributed by atoms with van der Waals surface area (Å²) < 4.78 is 5.11. The summed E-state index contributed by atoms with van der Waals surface area (Å²) in [5.74, 6) is -0.541. The van der Waals surface area contributed by atoms with Gasteiger partial charge >= 0.3 is 5.97 Å². The van der Waals surface area contributed by atoms with Crippen molar-refractivity contribution in [2.24, 2.45) is 0 Å². The largest absolute Gasteiger partial charge is 0.462 e. The molecular formula is C32H35N5O4. The number of carbonyl (C=O) groups is 3. The predicted molar refractivity (Wildman–Crippen MR) is 161 cm³/mol. The molecule has 0 unspecified atom stereocenters. The average molecular weight is 554 g/mol. The quantitative estimate of drug-likeness (QED) is 0.268. The molecule has 3 aromatic rings. The van der Waals surface area contributed by atoms with Crippen molar-refractivity contribution in [2.45, 2.75) is 13.3 Å². The van der Waals surface area contributed by atoms with Crippen LogP contribution < -0.4 is 20.9 Å². The molecule has 0 radical (unpaired) electrons. The lowest BCUT2D eigenvalue weighted by Gasteiger charge is -2.27. The molecule has 41 heavy (non-hydrogen) atoms. The number of amides is 1. The fourth-order valence-electron chi connectivity index (χ4n) is 4.99. The highest BCUT2D eigenvalue weighted by molar-refractivity contribution is 6.23. The summed E-state index contributed by atoms with van der Waals surface area (Å²) in [6, 6.07) is 22.1. The standard InChI is InChI=1S/C32H35N5O4/c1-3-41-32(40)23-9-14-26-27(21-23)35-30(31(26)39)29(22-7-5-4-6-8-22)34-24-10-12-25(13-11-24)36(2)28(38)15-18-37-19-16-33-17-20-37/h4-14,21,33-35H,3,15-20H2,1-2H3. The molecule has 3 N–H and O–H groups in total. The number of nitrogens with one attached hydrogen (secondary N) is 3. The maximum atomic E-state index is 13.5. The Hall–Kier alpha value is -4.47. The van der Waals surface area contributed by atoms with Crippen molar-refractivity contribution in [1.82, 2.24) is 10.2 Å². The van der Waals surface area contributed by atoms with Gasteiger partial charge in [0.15, 0.2) is 0 Å². The fourth-order valence-corrected chi connectivity index (χ4v) is 4.99. The Balaban J connectivity index is 1.34. The third kappa shape index (κ3) is 6.48. The number of ether oxygens (including phenoxy) is 1. The molecule has 5 rings (SSSR count). The smallest absolute Gasteiger partial charge is 0.338 e. The number of hydrogen-bond donors (Lipinski definition) is 3. The molecule has 2 aliphatic heterocycles. The number of rotatable bonds is 9. The number of ketones is 1. The van der Waals surface area contributed by atoms with Crippen LogP contribution in [0.1, 0.15) is 39.6 Å². The Bertz CT molecular complexity index is 1450. The summed E-state index contributed by atoms with van der Waals surface area (Å²) in [6.45, 7) is 6.63. The number of hydrogen-bond acceptors (Lipinski definition) is 8.